The molecule has 1 aromatic heterocycles. The first-order chi connectivity index (χ1) is 12.3. The third-order valence-electron chi connectivity index (χ3n) is 3.47. The van der Waals surface area contributed by atoms with E-state index in [9.17, 15) is 18.0 Å². The van der Waals surface area contributed by atoms with Crippen molar-refractivity contribution >= 4 is 23.4 Å². The lowest BCUT2D eigenvalue weighted by molar-refractivity contribution is -0.137. The van der Waals surface area contributed by atoms with Crippen molar-refractivity contribution in [3.05, 3.63) is 66.0 Å². The highest BCUT2D eigenvalue weighted by Crippen LogP contribution is 2.32. The molecule has 5 nitrogen and oxygen atoms in total. The van der Waals surface area contributed by atoms with Gasteiger partial charge in [-0.15, -0.1) is 10.2 Å². The Balaban J connectivity index is 1.74. The van der Waals surface area contributed by atoms with Gasteiger partial charge in [-0.1, -0.05) is 12.1 Å². The number of hydrogen-bond acceptors (Lipinski definition) is 4. The molecule has 9 heteroatoms. The van der Waals surface area contributed by atoms with Crippen molar-refractivity contribution in [2.75, 3.05) is 5.32 Å². The van der Waals surface area contributed by atoms with Gasteiger partial charge in [-0.2, -0.15) is 13.2 Å². The molecule has 0 saturated carbocycles. The van der Waals surface area contributed by atoms with Gasteiger partial charge in [-0.3, -0.25) is 4.79 Å². The number of nitrogens with zero attached hydrogens (tertiary/aromatic N) is 3. The number of nitrogens with one attached hydrogen (secondary N) is 1. The third kappa shape index (κ3) is 4.05. The summed E-state index contributed by atoms with van der Waals surface area (Å²) < 4.78 is 40.8. The van der Waals surface area contributed by atoms with E-state index in [-0.39, 0.29) is 0 Å². The van der Waals surface area contributed by atoms with E-state index in [1.807, 2.05) is 7.05 Å². The molecule has 0 aliphatic rings. The molecule has 1 amide bonds. The zero-order chi connectivity index (χ0) is 18.7. The smallest absolute Gasteiger partial charge is 0.322 e. The maximum Gasteiger partial charge on any atom is 0.417 e. The summed E-state index contributed by atoms with van der Waals surface area (Å²) >= 11 is 1.38. The first kappa shape index (κ1) is 18.0. The average Bonchev–Trinajstić information content (AvgIpc) is 3.01. The van der Waals surface area contributed by atoms with Crippen molar-refractivity contribution in [1.82, 2.24) is 14.8 Å². The summed E-state index contributed by atoms with van der Waals surface area (Å²) in [5.74, 6) is -0.813. The summed E-state index contributed by atoms with van der Waals surface area (Å²) in [4.78, 5) is 13.1. The lowest BCUT2D eigenvalue weighted by atomic mass is 10.1. The third-order valence-corrected chi connectivity index (χ3v) is 4.53. The van der Waals surface area contributed by atoms with E-state index >= 15 is 0 Å². The van der Waals surface area contributed by atoms with E-state index in [1.165, 1.54) is 23.9 Å². The van der Waals surface area contributed by atoms with Gasteiger partial charge in [0.15, 0.2) is 5.16 Å². The van der Waals surface area contributed by atoms with Crippen LogP contribution < -0.4 is 5.32 Å². The molecular weight excluding hydrogens is 365 g/mol. The van der Waals surface area contributed by atoms with Crippen LogP contribution in [0.15, 0.2) is 64.9 Å². The second kappa shape index (κ2) is 7.20. The van der Waals surface area contributed by atoms with Crippen LogP contribution in [0.2, 0.25) is 0 Å². The van der Waals surface area contributed by atoms with Gasteiger partial charge in [0, 0.05) is 17.6 Å². The molecule has 0 saturated heterocycles. The summed E-state index contributed by atoms with van der Waals surface area (Å²) in [7, 11) is 1.81. The molecule has 1 N–H and O–H groups in total. The van der Waals surface area contributed by atoms with Crippen LogP contribution in [0.25, 0.3) is 0 Å². The monoisotopic (exact) mass is 378 g/mol. The zero-order valence-corrected chi connectivity index (χ0v) is 14.3. The Labute approximate surface area is 151 Å². The average molecular weight is 378 g/mol. The van der Waals surface area contributed by atoms with Gasteiger partial charge in [0.05, 0.1) is 11.1 Å². The topological polar surface area (TPSA) is 59.8 Å². The van der Waals surface area contributed by atoms with Crippen molar-refractivity contribution in [2.24, 2.45) is 7.05 Å². The van der Waals surface area contributed by atoms with Gasteiger partial charge in [0.25, 0.3) is 5.91 Å². The van der Waals surface area contributed by atoms with E-state index in [1.54, 1.807) is 35.2 Å². The standard InChI is InChI=1S/C17H13F3N4OS/c1-24-10-21-23-16(24)26-12-8-6-11(7-9-12)22-15(25)13-4-2-3-5-14(13)17(18,19)20/h2-10H,1H3,(H,22,25). The number of carbonyl (C=O) groups is 1. The van der Waals surface area contributed by atoms with E-state index in [4.69, 9.17) is 0 Å². The van der Waals surface area contributed by atoms with Crippen LogP contribution in [-0.2, 0) is 13.2 Å². The van der Waals surface area contributed by atoms with Crippen molar-refractivity contribution in [1.29, 1.82) is 0 Å². The minimum absolute atomic E-state index is 0.397. The van der Waals surface area contributed by atoms with Crippen molar-refractivity contribution in [3.63, 3.8) is 0 Å². The lowest BCUT2D eigenvalue weighted by Crippen LogP contribution is -2.18. The molecule has 1 heterocycles. The van der Waals surface area contributed by atoms with Gasteiger partial charge in [0.1, 0.15) is 6.33 Å². The maximum absolute atomic E-state index is 13.0. The minimum atomic E-state index is -4.59. The number of aromatic nitrogens is 3. The number of alkyl halides is 3. The predicted octanol–water partition coefficient (Wildman–Crippen LogP) is 4.24. The van der Waals surface area contributed by atoms with Gasteiger partial charge in [0.2, 0.25) is 0 Å². The van der Waals surface area contributed by atoms with E-state index in [2.05, 4.69) is 15.5 Å². The van der Waals surface area contributed by atoms with Gasteiger partial charge in [-0.05, 0) is 48.2 Å². The number of carbonyl (C=O) groups excluding carboxylic acids is 1. The molecule has 0 spiro atoms. The Bertz CT molecular complexity index is 922. The van der Waals surface area contributed by atoms with Gasteiger partial charge in [-0.25, -0.2) is 0 Å². The first-order valence-electron chi connectivity index (χ1n) is 7.44. The molecule has 0 unspecified atom stereocenters. The summed E-state index contributed by atoms with van der Waals surface area (Å²) in [6, 6.07) is 11.4. The zero-order valence-electron chi connectivity index (χ0n) is 13.5. The summed E-state index contributed by atoms with van der Waals surface area (Å²) in [6.45, 7) is 0. The highest BCUT2D eigenvalue weighted by molar-refractivity contribution is 7.99. The van der Waals surface area contributed by atoms with E-state index < -0.39 is 23.2 Å². The summed E-state index contributed by atoms with van der Waals surface area (Å²) in [6.07, 6.45) is -3.01. The van der Waals surface area contributed by atoms with Crippen LogP contribution in [0.1, 0.15) is 15.9 Å². The number of hydrogen-bond donors (Lipinski definition) is 1. The molecule has 26 heavy (non-hydrogen) atoms. The number of aryl methyl sites for hydroxylation is 1. The number of rotatable bonds is 4. The number of amides is 1. The number of benzene rings is 2. The second-order valence-corrected chi connectivity index (χ2v) is 6.39. The Morgan fingerprint density at radius 3 is 2.42 bits per heavy atom. The predicted molar refractivity (Wildman–Crippen MR) is 91.0 cm³/mol. The first-order valence-corrected chi connectivity index (χ1v) is 8.26. The van der Waals surface area contributed by atoms with Crippen LogP contribution in [0.4, 0.5) is 18.9 Å². The Morgan fingerprint density at radius 1 is 1.12 bits per heavy atom. The fourth-order valence-corrected chi connectivity index (χ4v) is 2.97. The molecule has 0 aliphatic heterocycles. The SMILES string of the molecule is Cn1cnnc1Sc1ccc(NC(=O)c2ccccc2C(F)(F)F)cc1. The quantitative estimate of drug-likeness (QED) is 0.738. The molecule has 0 atom stereocenters. The molecular formula is C17H13F3N4OS. The fraction of sp³-hybridized carbons (Fsp3) is 0.118. The van der Waals surface area contributed by atoms with Crippen LogP contribution in [0, 0.1) is 0 Å². The molecule has 3 aromatic rings. The summed E-state index contributed by atoms with van der Waals surface area (Å²) in [5, 5.41) is 10.9. The Kier molecular flexibility index (Phi) is 4.99. The molecule has 0 aliphatic carbocycles. The molecule has 0 fully saturated rings. The highest BCUT2D eigenvalue weighted by atomic mass is 32.2. The maximum atomic E-state index is 13.0. The van der Waals surface area contributed by atoms with Crippen molar-refractivity contribution in [3.8, 4) is 0 Å². The lowest BCUT2D eigenvalue weighted by Gasteiger charge is -2.12. The van der Waals surface area contributed by atoms with E-state index in [0.29, 0.717) is 10.8 Å². The number of anilines is 1. The molecule has 0 bridgehead atoms. The molecule has 3 rings (SSSR count). The van der Waals surface area contributed by atoms with E-state index in [0.717, 1.165) is 17.0 Å². The van der Waals surface area contributed by atoms with Crippen LogP contribution in [0.5, 0.6) is 0 Å². The minimum Gasteiger partial charge on any atom is -0.322 e. The normalized spacial score (nSPS) is 11.4. The highest BCUT2D eigenvalue weighted by Gasteiger charge is 2.34. The Morgan fingerprint density at radius 2 is 1.81 bits per heavy atom. The van der Waals surface area contributed by atoms with Crippen LogP contribution in [-0.4, -0.2) is 20.7 Å². The fourth-order valence-electron chi connectivity index (χ4n) is 2.20. The molecule has 134 valence electrons. The van der Waals surface area contributed by atoms with Crippen molar-refractivity contribution in [2.45, 2.75) is 16.2 Å². The summed E-state index contributed by atoms with van der Waals surface area (Å²) in [5.41, 5.74) is -0.987. The second-order valence-electron chi connectivity index (χ2n) is 5.35. The van der Waals surface area contributed by atoms with Gasteiger partial charge < -0.3 is 9.88 Å². The number of halogens is 3. The molecule has 0 radical (unpaired) electrons. The van der Waals surface area contributed by atoms with Crippen LogP contribution in [0.3, 0.4) is 0 Å². The largest absolute Gasteiger partial charge is 0.417 e. The Hall–Kier alpha value is -2.81. The van der Waals surface area contributed by atoms with Gasteiger partial charge >= 0.3 is 6.18 Å². The van der Waals surface area contributed by atoms with Crippen molar-refractivity contribution < 1.29 is 18.0 Å². The van der Waals surface area contributed by atoms with Crippen LogP contribution >= 0.6 is 11.8 Å². The molecule has 2 aromatic carbocycles.